The van der Waals surface area contributed by atoms with E-state index in [1.54, 1.807) is 31.4 Å². The number of hydrogen-bond donors (Lipinski definition) is 1. The minimum Gasteiger partial charge on any atom is -0.497 e. The quantitative estimate of drug-likeness (QED) is 0.325. The summed E-state index contributed by atoms with van der Waals surface area (Å²) in [6.07, 6.45) is 3.97. The van der Waals surface area contributed by atoms with Crippen molar-refractivity contribution < 1.29 is 23.2 Å². The molecule has 0 spiro atoms. The molecule has 1 aliphatic rings. The van der Waals surface area contributed by atoms with Crippen molar-refractivity contribution in [3.8, 4) is 17.3 Å². The van der Waals surface area contributed by atoms with E-state index in [9.17, 15) is 9.59 Å². The third-order valence-corrected chi connectivity index (χ3v) is 6.81. The van der Waals surface area contributed by atoms with E-state index in [1.165, 1.54) is 9.70 Å². The molecule has 5 rings (SSSR count). The maximum absolute atomic E-state index is 13.9. The molecular weight excluding hydrogens is 500 g/mol. The summed E-state index contributed by atoms with van der Waals surface area (Å²) in [7, 11) is 1.59. The van der Waals surface area contributed by atoms with Crippen LogP contribution in [0.25, 0.3) is 11.6 Å². The zero-order valence-electron chi connectivity index (χ0n) is 22.3. The first-order chi connectivity index (χ1) is 18.9. The lowest BCUT2D eigenvalue weighted by molar-refractivity contribution is -0.143. The van der Waals surface area contributed by atoms with Crippen LogP contribution < -0.4 is 10.1 Å². The van der Waals surface area contributed by atoms with Crippen molar-refractivity contribution in [1.29, 1.82) is 0 Å². The monoisotopic (exact) mass is 532 g/mol. The summed E-state index contributed by atoms with van der Waals surface area (Å²) in [5.41, 5.74) is 0.824. The average molecular weight is 533 g/mol. The van der Waals surface area contributed by atoms with Crippen LogP contribution in [-0.4, -0.2) is 50.1 Å². The Morgan fingerprint density at radius 1 is 1.05 bits per heavy atom. The Labute approximate surface area is 226 Å². The molecule has 1 aliphatic carbocycles. The van der Waals surface area contributed by atoms with Gasteiger partial charge in [0.2, 0.25) is 11.7 Å². The van der Waals surface area contributed by atoms with Crippen molar-refractivity contribution in [2.75, 3.05) is 7.11 Å². The van der Waals surface area contributed by atoms with Gasteiger partial charge in [-0.05, 0) is 73.9 Å². The summed E-state index contributed by atoms with van der Waals surface area (Å²) in [5, 5.41) is 15.5. The molecule has 0 aliphatic heterocycles. The van der Waals surface area contributed by atoms with E-state index < -0.39 is 6.04 Å². The lowest BCUT2D eigenvalue weighted by Gasteiger charge is -2.30. The number of aromatic nitrogens is 4. The molecule has 1 fully saturated rings. The third-order valence-electron chi connectivity index (χ3n) is 6.81. The van der Waals surface area contributed by atoms with Crippen LogP contribution in [0.15, 0.2) is 57.4 Å². The Hall–Kier alpha value is -4.41. The molecule has 3 aromatic heterocycles. The van der Waals surface area contributed by atoms with E-state index in [1.807, 2.05) is 38.1 Å². The molecule has 0 bridgehead atoms. The number of carbonyl (C=O) groups excluding carboxylic acids is 2. The largest absolute Gasteiger partial charge is 0.497 e. The molecule has 1 atom stereocenters. The number of nitrogens with one attached hydrogen (secondary N) is 1. The van der Waals surface area contributed by atoms with Crippen molar-refractivity contribution in [2.24, 2.45) is 0 Å². The minimum absolute atomic E-state index is 0.0743. The van der Waals surface area contributed by atoms with Crippen LogP contribution >= 0.6 is 0 Å². The molecule has 1 N–H and O–H groups in total. The van der Waals surface area contributed by atoms with Crippen LogP contribution in [0.4, 0.5) is 0 Å². The van der Waals surface area contributed by atoms with Crippen LogP contribution in [0.1, 0.15) is 54.6 Å². The Morgan fingerprint density at radius 2 is 1.77 bits per heavy atom. The number of aryl methyl sites for hydroxylation is 2. The summed E-state index contributed by atoms with van der Waals surface area (Å²) in [6.45, 7) is 3.56. The van der Waals surface area contributed by atoms with Crippen molar-refractivity contribution in [2.45, 2.75) is 64.7 Å². The average Bonchev–Trinajstić information content (AvgIpc) is 3.74. The van der Waals surface area contributed by atoms with Crippen molar-refractivity contribution >= 4 is 11.8 Å². The Balaban J connectivity index is 1.45. The van der Waals surface area contributed by atoms with E-state index in [-0.39, 0.29) is 36.8 Å². The molecule has 11 heteroatoms. The number of hydrogen-bond acceptors (Lipinski definition) is 8. The third kappa shape index (κ3) is 6.19. The van der Waals surface area contributed by atoms with E-state index in [0.717, 1.165) is 31.2 Å². The van der Waals surface area contributed by atoms with Crippen LogP contribution in [0, 0.1) is 13.8 Å². The van der Waals surface area contributed by atoms with Crippen molar-refractivity contribution in [3.63, 3.8) is 0 Å². The second-order valence-corrected chi connectivity index (χ2v) is 9.76. The fraction of sp³-hybridized carbons (Fsp3) is 0.393. The maximum Gasteiger partial charge on any atom is 0.250 e. The van der Waals surface area contributed by atoms with Gasteiger partial charge in [-0.25, -0.2) is 0 Å². The zero-order chi connectivity index (χ0) is 27.4. The number of furan rings is 2. The van der Waals surface area contributed by atoms with Gasteiger partial charge in [-0.15, -0.1) is 10.2 Å². The normalized spacial score (nSPS) is 14.3. The summed E-state index contributed by atoms with van der Waals surface area (Å²) in [6, 6.07) is 13.5. The van der Waals surface area contributed by atoms with Crippen LogP contribution in [0.3, 0.4) is 0 Å². The van der Waals surface area contributed by atoms with Crippen LogP contribution in [0.2, 0.25) is 0 Å². The maximum atomic E-state index is 13.9. The Bertz CT molecular complexity index is 1420. The van der Waals surface area contributed by atoms with Gasteiger partial charge < -0.3 is 23.8 Å². The van der Waals surface area contributed by atoms with E-state index in [2.05, 4.69) is 20.7 Å². The number of rotatable bonds is 10. The van der Waals surface area contributed by atoms with Gasteiger partial charge >= 0.3 is 0 Å². The summed E-state index contributed by atoms with van der Waals surface area (Å²) in [5.74, 6) is 2.53. The number of methoxy groups -OCH3 is 1. The predicted molar refractivity (Wildman–Crippen MR) is 140 cm³/mol. The molecule has 0 unspecified atom stereocenters. The molecule has 204 valence electrons. The molecule has 4 aromatic rings. The van der Waals surface area contributed by atoms with Gasteiger partial charge in [-0.1, -0.05) is 25.0 Å². The van der Waals surface area contributed by atoms with Gasteiger partial charge in [0.15, 0.2) is 11.8 Å². The van der Waals surface area contributed by atoms with Gasteiger partial charge in [0, 0.05) is 12.6 Å². The van der Waals surface area contributed by atoms with E-state index >= 15 is 0 Å². The van der Waals surface area contributed by atoms with Crippen molar-refractivity contribution in [1.82, 2.24) is 30.4 Å². The molecule has 11 nitrogen and oxygen atoms in total. The van der Waals surface area contributed by atoms with E-state index in [0.29, 0.717) is 28.8 Å². The fourth-order valence-corrected chi connectivity index (χ4v) is 4.80. The second kappa shape index (κ2) is 11.5. The highest BCUT2D eigenvalue weighted by Crippen LogP contribution is 2.28. The molecule has 3 heterocycles. The fourth-order valence-electron chi connectivity index (χ4n) is 4.80. The number of benzene rings is 1. The summed E-state index contributed by atoms with van der Waals surface area (Å²) in [4.78, 5) is 30.3. The van der Waals surface area contributed by atoms with Gasteiger partial charge in [-0.2, -0.15) is 4.80 Å². The first-order valence-corrected chi connectivity index (χ1v) is 13.0. The molecule has 1 saturated carbocycles. The van der Waals surface area contributed by atoms with Crippen LogP contribution in [0.5, 0.6) is 5.75 Å². The molecule has 0 saturated heterocycles. The first-order valence-electron chi connectivity index (χ1n) is 13.0. The zero-order valence-corrected chi connectivity index (χ0v) is 22.3. The van der Waals surface area contributed by atoms with E-state index in [4.69, 9.17) is 13.6 Å². The molecule has 39 heavy (non-hydrogen) atoms. The summed E-state index contributed by atoms with van der Waals surface area (Å²) < 4.78 is 16.8. The van der Waals surface area contributed by atoms with Gasteiger partial charge in [0.1, 0.15) is 29.6 Å². The Kier molecular flexibility index (Phi) is 7.76. The predicted octanol–water partition coefficient (Wildman–Crippen LogP) is 3.98. The molecule has 0 radical (unpaired) electrons. The standard InChI is InChI=1S/C28H32N6O5/c1-18-8-14-23(38-18)26(28(36)29-21-6-4-5-7-21)33(16-20-10-12-22(37-3)13-11-20)25(35)17-34-31-27(30-32-34)24-15-9-19(2)39-24/h8-15,21,26H,4-7,16-17H2,1-3H3,(H,29,36)/t26-/m0/s1. The molecule has 2 amide bonds. The number of ether oxygens (including phenoxy) is 1. The minimum atomic E-state index is -0.982. The highest BCUT2D eigenvalue weighted by molar-refractivity contribution is 5.88. The van der Waals surface area contributed by atoms with Gasteiger partial charge in [-0.3, -0.25) is 9.59 Å². The lowest BCUT2D eigenvalue weighted by Crippen LogP contribution is -2.46. The highest BCUT2D eigenvalue weighted by Gasteiger charge is 2.36. The highest BCUT2D eigenvalue weighted by atomic mass is 16.5. The number of nitrogens with zero attached hydrogens (tertiary/aromatic N) is 5. The van der Waals surface area contributed by atoms with Gasteiger partial charge in [0.05, 0.1) is 7.11 Å². The molecular formula is C28H32N6O5. The SMILES string of the molecule is COc1ccc(CN(C(=O)Cn2nnc(-c3ccc(C)o3)n2)[C@H](C(=O)NC2CCCC2)c2ccc(C)o2)cc1. The number of tetrazole rings is 1. The number of carbonyl (C=O) groups is 2. The van der Waals surface area contributed by atoms with Crippen molar-refractivity contribution in [3.05, 3.63) is 71.4 Å². The lowest BCUT2D eigenvalue weighted by atomic mass is 10.1. The van der Waals surface area contributed by atoms with Crippen LogP contribution in [-0.2, 0) is 22.7 Å². The molecule has 1 aromatic carbocycles. The number of amides is 2. The topological polar surface area (TPSA) is 129 Å². The smallest absolute Gasteiger partial charge is 0.250 e. The second-order valence-electron chi connectivity index (χ2n) is 9.76. The summed E-state index contributed by atoms with van der Waals surface area (Å²) >= 11 is 0. The Morgan fingerprint density at radius 3 is 2.41 bits per heavy atom. The van der Waals surface area contributed by atoms with Gasteiger partial charge in [0.25, 0.3) is 5.91 Å². The first kappa shape index (κ1) is 26.2.